The summed E-state index contributed by atoms with van der Waals surface area (Å²) in [4.78, 5) is 32.7. The zero-order valence-corrected chi connectivity index (χ0v) is 15.2. The van der Waals surface area contributed by atoms with Crippen LogP contribution >= 0.6 is 0 Å². The standard InChI is InChI=1S/C18H28N4O3/c1-14-15(2)19-13-22(18(14)24)11-16-3-5-20(6-4-16)7-8-21-9-10-25-12-17(21)23/h13,16H,3-12H2,1-2H3. The minimum atomic E-state index is 0.0840. The monoisotopic (exact) mass is 348 g/mol. The van der Waals surface area contributed by atoms with Crippen molar-refractivity contribution in [3.63, 3.8) is 0 Å². The highest BCUT2D eigenvalue weighted by Gasteiger charge is 2.23. The Hall–Kier alpha value is -1.73. The van der Waals surface area contributed by atoms with Crippen molar-refractivity contribution in [1.82, 2.24) is 19.4 Å². The Bertz CT molecular complexity index is 665. The first kappa shape index (κ1) is 18.1. The van der Waals surface area contributed by atoms with Crippen LogP contribution in [0.15, 0.2) is 11.1 Å². The Morgan fingerprint density at radius 3 is 2.64 bits per heavy atom. The van der Waals surface area contributed by atoms with E-state index < -0.39 is 0 Å². The molecule has 3 heterocycles. The van der Waals surface area contributed by atoms with Gasteiger partial charge >= 0.3 is 0 Å². The molecular formula is C18H28N4O3. The van der Waals surface area contributed by atoms with Crippen LogP contribution in [0.2, 0.25) is 0 Å². The Kier molecular flexibility index (Phi) is 5.86. The largest absolute Gasteiger partial charge is 0.370 e. The van der Waals surface area contributed by atoms with E-state index in [4.69, 9.17) is 4.74 Å². The molecule has 0 bridgehead atoms. The number of amides is 1. The highest BCUT2D eigenvalue weighted by molar-refractivity contribution is 5.77. The maximum atomic E-state index is 12.3. The van der Waals surface area contributed by atoms with Crippen LogP contribution in [0.1, 0.15) is 24.1 Å². The van der Waals surface area contributed by atoms with Gasteiger partial charge in [-0.15, -0.1) is 0 Å². The molecule has 0 saturated carbocycles. The lowest BCUT2D eigenvalue weighted by molar-refractivity contribution is -0.142. The molecule has 0 N–H and O–H groups in total. The predicted octanol–water partition coefficient (Wildman–Crippen LogP) is 0.431. The normalized spacial score (nSPS) is 20.2. The van der Waals surface area contributed by atoms with E-state index in [1.165, 1.54) is 0 Å². The molecule has 0 aliphatic carbocycles. The Labute approximate surface area is 148 Å². The fraction of sp³-hybridized carbons (Fsp3) is 0.722. The van der Waals surface area contributed by atoms with Crippen LogP contribution in [0.25, 0.3) is 0 Å². The summed E-state index contributed by atoms with van der Waals surface area (Å²) in [5.41, 5.74) is 1.64. The summed E-state index contributed by atoms with van der Waals surface area (Å²) < 4.78 is 6.92. The number of carbonyl (C=O) groups is 1. The lowest BCUT2D eigenvalue weighted by Crippen LogP contribution is -2.46. The number of aryl methyl sites for hydroxylation is 1. The van der Waals surface area contributed by atoms with Crippen molar-refractivity contribution >= 4 is 5.91 Å². The average Bonchev–Trinajstić information content (AvgIpc) is 2.63. The van der Waals surface area contributed by atoms with Crippen LogP contribution in [-0.4, -0.2) is 71.2 Å². The number of morpholine rings is 1. The molecule has 0 unspecified atom stereocenters. The van der Waals surface area contributed by atoms with Crippen LogP contribution in [0.4, 0.5) is 0 Å². The van der Waals surface area contributed by atoms with Crippen molar-refractivity contribution < 1.29 is 9.53 Å². The number of rotatable bonds is 5. The van der Waals surface area contributed by atoms with Gasteiger partial charge in [-0.25, -0.2) is 4.98 Å². The van der Waals surface area contributed by atoms with Crippen molar-refractivity contribution in [2.24, 2.45) is 5.92 Å². The quantitative estimate of drug-likeness (QED) is 0.772. The van der Waals surface area contributed by atoms with E-state index in [1.54, 1.807) is 10.9 Å². The number of likely N-dealkylation sites (tertiary alicyclic amines) is 1. The summed E-state index contributed by atoms with van der Waals surface area (Å²) in [6.07, 6.45) is 3.84. The molecule has 2 aliphatic heterocycles. The summed E-state index contributed by atoms with van der Waals surface area (Å²) in [5.74, 6) is 0.616. The fourth-order valence-corrected chi connectivity index (χ4v) is 3.53. The molecule has 0 atom stereocenters. The van der Waals surface area contributed by atoms with Gasteiger partial charge in [0.2, 0.25) is 5.91 Å². The van der Waals surface area contributed by atoms with Crippen LogP contribution < -0.4 is 5.56 Å². The lowest BCUT2D eigenvalue weighted by atomic mass is 9.96. The third kappa shape index (κ3) is 4.46. The second kappa shape index (κ2) is 8.10. The number of ether oxygens (including phenoxy) is 1. The lowest BCUT2D eigenvalue weighted by Gasteiger charge is -2.34. The molecule has 1 aromatic rings. The third-order valence-corrected chi connectivity index (χ3v) is 5.45. The van der Waals surface area contributed by atoms with Crippen molar-refractivity contribution in [2.75, 3.05) is 45.9 Å². The van der Waals surface area contributed by atoms with Gasteiger partial charge in [0.05, 0.1) is 12.9 Å². The van der Waals surface area contributed by atoms with E-state index in [0.29, 0.717) is 19.1 Å². The van der Waals surface area contributed by atoms with Crippen molar-refractivity contribution in [2.45, 2.75) is 33.2 Å². The first-order valence-electron chi connectivity index (χ1n) is 9.15. The van der Waals surface area contributed by atoms with Gasteiger partial charge in [0.15, 0.2) is 0 Å². The Morgan fingerprint density at radius 1 is 1.16 bits per heavy atom. The van der Waals surface area contributed by atoms with Crippen molar-refractivity contribution in [3.05, 3.63) is 27.9 Å². The maximum Gasteiger partial charge on any atom is 0.256 e. The van der Waals surface area contributed by atoms with Crippen LogP contribution in [0.5, 0.6) is 0 Å². The molecule has 0 radical (unpaired) electrons. The van der Waals surface area contributed by atoms with E-state index in [0.717, 1.165) is 56.8 Å². The van der Waals surface area contributed by atoms with Crippen molar-refractivity contribution in [3.8, 4) is 0 Å². The van der Waals surface area contributed by atoms with E-state index in [1.807, 2.05) is 18.7 Å². The number of hydrogen-bond donors (Lipinski definition) is 0. The number of hydrogen-bond acceptors (Lipinski definition) is 5. The molecule has 3 rings (SSSR count). The summed E-state index contributed by atoms with van der Waals surface area (Å²) in [7, 11) is 0. The highest BCUT2D eigenvalue weighted by atomic mass is 16.5. The van der Waals surface area contributed by atoms with E-state index >= 15 is 0 Å². The van der Waals surface area contributed by atoms with Gasteiger partial charge in [-0.1, -0.05) is 0 Å². The summed E-state index contributed by atoms with van der Waals surface area (Å²) in [6.45, 7) is 9.80. The Morgan fingerprint density at radius 2 is 1.92 bits per heavy atom. The van der Waals surface area contributed by atoms with Gasteiger partial charge in [0.25, 0.3) is 5.56 Å². The summed E-state index contributed by atoms with van der Waals surface area (Å²) >= 11 is 0. The van der Waals surface area contributed by atoms with Gasteiger partial charge < -0.3 is 14.5 Å². The molecule has 1 amide bonds. The van der Waals surface area contributed by atoms with Crippen LogP contribution in [-0.2, 0) is 16.1 Å². The van der Waals surface area contributed by atoms with Crippen LogP contribution in [0, 0.1) is 19.8 Å². The van der Waals surface area contributed by atoms with E-state index in [2.05, 4.69) is 9.88 Å². The number of aromatic nitrogens is 2. The first-order valence-corrected chi connectivity index (χ1v) is 9.15. The second-order valence-electron chi connectivity index (χ2n) is 7.13. The van der Waals surface area contributed by atoms with Gasteiger partial charge in [0, 0.05) is 37.4 Å². The molecule has 138 valence electrons. The maximum absolute atomic E-state index is 12.3. The predicted molar refractivity (Wildman–Crippen MR) is 94.5 cm³/mol. The first-order chi connectivity index (χ1) is 12.0. The molecule has 25 heavy (non-hydrogen) atoms. The topological polar surface area (TPSA) is 67.7 Å². The minimum Gasteiger partial charge on any atom is -0.370 e. The van der Waals surface area contributed by atoms with Gasteiger partial charge in [-0.05, 0) is 45.7 Å². The van der Waals surface area contributed by atoms with Crippen molar-refractivity contribution in [1.29, 1.82) is 0 Å². The molecule has 0 spiro atoms. The van der Waals surface area contributed by atoms with Gasteiger partial charge in [-0.3, -0.25) is 14.2 Å². The molecule has 2 aliphatic rings. The molecule has 7 heteroatoms. The average molecular weight is 348 g/mol. The Balaban J connectivity index is 1.45. The zero-order chi connectivity index (χ0) is 17.8. The summed E-state index contributed by atoms with van der Waals surface area (Å²) in [5, 5.41) is 0. The van der Waals surface area contributed by atoms with Crippen LogP contribution in [0.3, 0.4) is 0 Å². The molecular weight excluding hydrogens is 320 g/mol. The number of piperidine rings is 1. The molecule has 2 saturated heterocycles. The van der Waals surface area contributed by atoms with E-state index in [9.17, 15) is 9.59 Å². The number of nitrogens with zero attached hydrogens (tertiary/aromatic N) is 4. The molecule has 7 nitrogen and oxygen atoms in total. The smallest absolute Gasteiger partial charge is 0.256 e. The third-order valence-electron chi connectivity index (χ3n) is 5.45. The molecule has 1 aromatic heterocycles. The number of carbonyl (C=O) groups excluding carboxylic acids is 1. The van der Waals surface area contributed by atoms with Gasteiger partial charge in [0.1, 0.15) is 6.61 Å². The summed E-state index contributed by atoms with van der Waals surface area (Å²) in [6, 6.07) is 0. The zero-order valence-electron chi connectivity index (χ0n) is 15.2. The highest BCUT2D eigenvalue weighted by Crippen LogP contribution is 2.18. The fourth-order valence-electron chi connectivity index (χ4n) is 3.53. The molecule has 0 aromatic carbocycles. The SMILES string of the molecule is Cc1ncn(CC2CCN(CCN3CCOCC3=O)CC2)c(=O)c1C. The molecule has 2 fully saturated rings. The second-order valence-corrected chi connectivity index (χ2v) is 7.13. The van der Waals surface area contributed by atoms with Gasteiger partial charge in [-0.2, -0.15) is 0 Å². The minimum absolute atomic E-state index is 0.0840. The van der Waals surface area contributed by atoms with E-state index in [-0.39, 0.29) is 18.1 Å².